The number of nitrogens with two attached hydrogens (primary N) is 2. The molecule has 2 heterocycles. The number of imidazole rings is 1. The number of benzene rings is 1. The molecule has 0 radical (unpaired) electrons. The van der Waals surface area contributed by atoms with Gasteiger partial charge in [-0.15, -0.1) is 10.2 Å². The van der Waals surface area contributed by atoms with E-state index in [-0.39, 0.29) is 30.9 Å². The minimum atomic E-state index is -0.598. The Balaban J connectivity index is 0.945. The van der Waals surface area contributed by atoms with Gasteiger partial charge < -0.3 is 121 Å². The molecule has 544 valence electrons. The molecule has 0 saturated carbocycles. The molecule has 0 aliphatic rings. The summed E-state index contributed by atoms with van der Waals surface area (Å²) < 4.78 is 118. The van der Waals surface area contributed by atoms with E-state index >= 15 is 0 Å². The van der Waals surface area contributed by atoms with Crippen molar-refractivity contribution in [3.05, 3.63) is 41.2 Å². The topological polar surface area (TPSA) is 319 Å². The van der Waals surface area contributed by atoms with Crippen molar-refractivity contribution in [2.24, 2.45) is 5.73 Å². The second-order valence-corrected chi connectivity index (χ2v) is 21.6. The van der Waals surface area contributed by atoms with E-state index in [1.807, 2.05) is 39.8 Å². The Kier molecular flexibility index (Phi) is 53.9. The molecular weight excluding hydrogens is 1230 g/mol. The highest BCUT2D eigenvalue weighted by Crippen LogP contribution is 2.30. The lowest BCUT2D eigenvalue weighted by atomic mass is 9.93. The molecule has 0 aliphatic heterocycles. The molecule has 5 N–H and O–H groups in total. The van der Waals surface area contributed by atoms with Crippen LogP contribution in [0.5, 0.6) is 5.88 Å². The van der Waals surface area contributed by atoms with Crippen molar-refractivity contribution >= 4 is 22.8 Å². The highest BCUT2D eigenvalue weighted by molar-refractivity contribution is 5.88. The van der Waals surface area contributed by atoms with E-state index in [4.69, 9.17) is 116 Å². The summed E-state index contributed by atoms with van der Waals surface area (Å²) >= 11 is 0. The number of hydrogen-bond donors (Lipinski definition) is 3. The van der Waals surface area contributed by atoms with Gasteiger partial charge in [0.2, 0.25) is 5.91 Å². The summed E-state index contributed by atoms with van der Waals surface area (Å²) in [6.07, 6.45) is 2.95. The van der Waals surface area contributed by atoms with Gasteiger partial charge in [-0.05, 0) is 45.2 Å². The second kappa shape index (κ2) is 60.2. The van der Waals surface area contributed by atoms with E-state index in [0.29, 0.717) is 282 Å². The quantitative estimate of drug-likeness (QED) is 0.0680. The first-order valence-corrected chi connectivity index (χ1v) is 33.5. The summed E-state index contributed by atoms with van der Waals surface area (Å²) in [5.41, 5.74) is 14.4. The molecule has 0 saturated heterocycles. The van der Waals surface area contributed by atoms with Crippen molar-refractivity contribution < 1.29 is 104 Å². The number of unbranched alkanes of at least 4 members (excludes halogenated alkanes) is 1. The van der Waals surface area contributed by atoms with Crippen LogP contribution in [0.2, 0.25) is 0 Å². The summed E-state index contributed by atoms with van der Waals surface area (Å²) in [7, 11) is 0. The average Bonchev–Trinajstić information content (AvgIpc) is 1.61. The first kappa shape index (κ1) is 84.2. The maximum atomic E-state index is 12.9. The van der Waals surface area contributed by atoms with Gasteiger partial charge in [-0.2, -0.15) is 0 Å². The van der Waals surface area contributed by atoms with Gasteiger partial charge in [0, 0.05) is 25.9 Å². The number of hydrogen-bond acceptors (Lipinski definition) is 27. The highest BCUT2D eigenvalue weighted by atomic mass is 16.6. The zero-order valence-electron chi connectivity index (χ0n) is 57.3. The third kappa shape index (κ3) is 45.5. The molecule has 0 unspecified atom stereocenters. The number of ether oxygens (including phenoxy) is 21. The van der Waals surface area contributed by atoms with Gasteiger partial charge in [-0.25, -0.2) is 4.98 Å². The number of nitrogens with one attached hydrogen (secondary N) is 1. The number of rotatable bonds is 71. The van der Waals surface area contributed by atoms with Crippen LogP contribution in [0.3, 0.4) is 0 Å². The maximum Gasteiger partial charge on any atom is 0.260 e. The van der Waals surface area contributed by atoms with Crippen molar-refractivity contribution in [2.75, 3.05) is 277 Å². The summed E-state index contributed by atoms with van der Waals surface area (Å²) in [5.74, 6) is 1.51. The Bertz CT molecular complexity index is 2190. The number of anilines is 1. The smallest absolute Gasteiger partial charge is 0.260 e. The molecule has 3 aromatic rings. The second-order valence-electron chi connectivity index (χ2n) is 21.6. The molecule has 1 aromatic carbocycles. The fraction of sp³-hybridized carbons (Fsp3) is 0.815. The predicted molar refractivity (Wildman–Crippen MR) is 351 cm³/mol. The van der Waals surface area contributed by atoms with Crippen LogP contribution in [-0.4, -0.2) is 303 Å². The van der Waals surface area contributed by atoms with E-state index < -0.39 is 5.54 Å². The monoisotopic (exact) mass is 1350 g/mol. The van der Waals surface area contributed by atoms with Crippen molar-refractivity contribution in [2.45, 2.75) is 78.5 Å². The Morgan fingerprint density at radius 2 is 0.755 bits per heavy atom. The third-order valence-corrected chi connectivity index (χ3v) is 13.1. The van der Waals surface area contributed by atoms with Gasteiger partial charge in [-0.3, -0.25) is 4.79 Å². The summed E-state index contributed by atoms with van der Waals surface area (Å²) in [4.78, 5) is 17.8. The molecule has 29 heteroatoms. The van der Waals surface area contributed by atoms with E-state index in [1.165, 1.54) is 0 Å². The van der Waals surface area contributed by atoms with Gasteiger partial charge in [0.25, 0.3) is 5.88 Å². The Morgan fingerprint density at radius 3 is 1.04 bits per heavy atom. The van der Waals surface area contributed by atoms with Crippen molar-refractivity contribution in [3.63, 3.8) is 0 Å². The minimum absolute atomic E-state index is 0.0914. The molecule has 29 nitrogen and oxygen atoms in total. The first-order chi connectivity index (χ1) is 46.2. The maximum absolute atomic E-state index is 12.9. The highest BCUT2D eigenvalue weighted by Gasteiger charge is 2.24. The number of amides is 1. The summed E-state index contributed by atoms with van der Waals surface area (Å²) in [6, 6.07) is 8.23. The Hall–Kier alpha value is -4.00. The molecule has 3 rings (SSSR count). The van der Waals surface area contributed by atoms with Crippen LogP contribution in [0.25, 0.3) is 11.0 Å². The summed E-state index contributed by atoms with van der Waals surface area (Å²) in [5, 5.41) is 11.5. The predicted octanol–water partition coefficient (Wildman–Crippen LogP) is 3.62. The largest absolute Gasteiger partial charge is 0.472 e. The van der Waals surface area contributed by atoms with Crippen LogP contribution in [-0.2, 0) is 118 Å². The fourth-order valence-electron chi connectivity index (χ4n) is 8.31. The van der Waals surface area contributed by atoms with Gasteiger partial charge >= 0.3 is 0 Å². The fourth-order valence-corrected chi connectivity index (χ4v) is 8.31. The van der Waals surface area contributed by atoms with Crippen LogP contribution < -0.4 is 21.5 Å². The van der Waals surface area contributed by atoms with E-state index in [9.17, 15) is 4.79 Å². The lowest BCUT2D eigenvalue weighted by Crippen LogP contribution is -2.41. The zero-order chi connectivity index (χ0) is 67.3. The number of carbonyl (C=O) groups is 1. The van der Waals surface area contributed by atoms with Crippen LogP contribution in [0.1, 0.15) is 70.8 Å². The van der Waals surface area contributed by atoms with Crippen molar-refractivity contribution in [1.29, 1.82) is 0 Å². The normalized spacial score (nSPS) is 11.9. The standard InChI is InChI=1S/C65H117N7O22/c1-6-7-8-59-68-61-62(64(94-56(2)3)71-70-63(61)67)72(59)55-57-9-11-58(12-10-57)65(4,5)69-60(73)13-15-74-17-19-76-21-23-78-25-27-80-29-31-82-33-35-84-37-39-86-41-43-88-45-47-90-49-51-92-53-54-93-52-50-91-48-46-89-44-42-87-40-38-85-36-34-83-32-30-81-28-26-79-24-22-77-20-18-75-16-14-66/h9-12,56H,6-8,13-55,66H2,1-5H3,(H2,67,70)(H,69,73). The lowest BCUT2D eigenvalue weighted by molar-refractivity contribution is -0.124. The van der Waals surface area contributed by atoms with Gasteiger partial charge in [-0.1, -0.05) is 37.6 Å². The number of nitrogens with zero attached hydrogens (tertiary/aromatic N) is 4. The molecule has 0 fully saturated rings. The number of aromatic nitrogens is 4. The zero-order valence-corrected chi connectivity index (χ0v) is 57.3. The number of carbonyl (C=O) groups excluding carboxylic acids is 1. The molecule has 94 heavy (non-hydrogen) atoms. The SMILES string of the molecule is CCCCc1nc2c(N)nnc(OC(C)C)c2n1Cc1ccc(C(C)(C)NC(=O)CCOCCOCCOCCOCCOCCOCCOCCOCCOCCOCCOCCOCCOCCOCCOCCOCCOCCOCCOCCOCCN)cc1. The van der Waals surface area contributed by atoms with Crippen molar-refractivity contribution in [3.8, 4) is 5.88 Å². The van der Waals surface area contributed by atoms with E-state index in [1.54, 1.807) is 0 Å². The molecule has 0 bridgehead atoms. The first-order valence-electron chi connectivity index (χ1n) is 33.5. The average molecular weight is 1350 g/mol. The van der Waals surface area contributed by atoms with E-state index in [0.717, 1.165) is 41.7 Å². The molecule has 2 aromatic heterocycles. The number of fused-ring (bicyclic) bond motifs is 1. The van der Waals surface area contributed by atoms with Crippen LogP contribution in [0.4, 0.5) is 5.82 Å². The molecule has 0 spiro atoms. The van der Waals surface area contributed by atoms with Gasteiger partial charge in [0.1, 0.15) is 16.9 Å². The summed E-state index contributed by atoms with van der Waals surface area (Å²) in [6.45, 7) is 30.1. The van der Waals surface area contributed by atoms with Gasteiger partial charge in [0.15, 0.2) is 5.82 Å². The molecule has 0 atom stereocenters. The molecule has 0 aliphatic carbocycles. The van der Waals surface area contributed by atoms with E-state index in [2.05, 4.69) is 39.1 Å². The number of nitrogen functional groups attached to an aromatic ring is 1. The van der Waals surface area contributed by atoms with Crippen LogP contribution in [0.15, 0.2) is 24.3 Å². The van der Waals surface area contributed by atoms with Crippen molar-refractivity contribution in [1.82, 2.24) is 25.1 Å². The Labute approximate surface area is 558 Å². The molecular formula is C65H117N7O22. The third-order valence-electron chi connectivity index (χ3n) is 13.1. The van der Waals surface area contributed by atoms with Crippen LogP contribution >= 0.6 is 0 Å². The molecule has 1 amide bonds. The van der Waals surface area contributed by atoms with Crippen LogP contribution in [0, 0.1) is 0 Å². The number of aryl methyl sites for hydroxylation is 1. The Morgan fingerprint density at radius 1 is 0.457 bits per heavy atom. The van der Waals surface area contributed by atoms with Gasteiger partial charge in [0.05, 0.1) is 276 Å². The minimum Gasteiger partial charge on any atom is -0.472 e. The lowest BCUT2D eigenvalue weighted by Gasteiger charge is -2.27.